The molecular weight excluding hydrogens is 361 g/mol. The van der Waals surface area contributed by atoms with Crippen LogP contribution in [0.25, 0.3) is 0 Å². The Morgan fingerprint density at radius 1 is 1.35 bits per heavy atom. The summed E-state index contributed by atoms with van der Waals surface area (Å²) in [5, 5.41) is 2.66. The predicted molar refractivity (Wildman–Crippen MR) is 96.2 cm³/mol. The van der Waals surface area contributed by atoms with Crippen LogP contribution in [0.1, 0.15) is 18.4 Å². The topological polar surface area (TPSA) is 95.6 Å². The molecule has 1 aliphatic rings. The van der Waals surface area contributed by atoms with Crippen LogP contribution in [-0.4, -0.2) is 44.5 Å². The summed E-state index contributed by atoms with van der Waals surface area (Å²) in [6, 6.07) is 4.03. The Hall–Kier alpha value is -2.42. The van der Waals surface area contributed by atoms with Crippen LogP contribution in [-0.2, 0) is 26.2 Å². The lowest BCUT2D eigenvalue weighted by atomic mass is 9.95. The van der Waals surface area contributed by atoms with Crippen molar-refractivity contribution in [2.24, 2.45) is 5.92 Å². The fourth-order valence-electron chi connectivity index (χ4n) is 2.84. The molecule has 26 heavy (non-hydrogen) atoms. The second-order valence-corrected chi connectivity index (χ2v) is 7.91. The van der Waals surface area contributed by atoms with Crippen molar-refractivity contribution in [1.82, 2.24) is 10.2 Å². The van der Waals surface area contributed by atoms with Gasteiger partial charge in [-0.15, -0.1) is 0 Å². The summed E-state index contributed by atoms with van der Waals surface area (Å²) in [6.07, 6.45) is 3.24. The first kappa shape index (κ1) is 19.9. The van der Waals surface area contributed by atoms with Gasteiger partial charge in [0.1, 0.15) is 5.82 Å². The Balaban J connectivity index is 1.98. The molecule has 0 spiro atoms. The highest BCUT2D eigenvalue weighted by Crippen LogP contribution is 2.21. The van der Waals surface area contributed by atoms with Crippen molar-refractivity contribution in [2.75, 3.05) is 24.1 Å². The lowest BCUT2D eigenvalue weighted by Gasteiger charge is -2.30. The van der Waals surface area contributed by atoms with Crippen LogP contribution < -0.4 is 10.0 Å². The third-order valence-electron chi connectivity index (χ3n) is 4.21. The summed E-state index contributed by atoms with van der Waals surface area (Å²) < 4.78 is 39.1. The lowest BCUT2D eigenvalue weighted by Crippen LogP contribution is -2.42. The number of halogens is 1. The smallest absolute Gasteiger partial charge is 0.245 e. The fourth-order valence-corrected chi connectivity index (χ4v) is 3.44. The number of anilines is 1. The van der Waals surface area contributed by atoms with Crippen LogP contribution in [0.4, 0.5) is 10.1 Å². The van der Waals surface area contributed by atoms with E-state index in [4.69, 9.17) is 0 Å². The molecule has 2 amide bonds. The predicted octanol–water partition coefficient (Wildman–Crippen LogP) is 1.24. The molecule has 0 aliphatic carbocycles. The van der Waals surface area contributed by atoms with Crippen LogP contribution >= 0.6 is 0 Å². The van der Waals surface area contributed by atoms with E-state index in [-0.39, 0.29) is 35.5 Å². The van der Waals surface area contributed by atoms with Gasteiger partial charge in [-0.3, -0.25) is 14.3 Å². The molecular formula is C17H22FN3O4S. The van der Waals surface area contributed by atoms with Gasteiger partial charge in [0.2, 0.25) is 21.8 Å². The molecule has 2 N–H and O–H groups in total. The Kier molecular flexibility index (Phi) is 6.36. The number of piperidine rings is 1. The largest absolute Gasteiger partial charge is 0.352 e. The average molecular weight is 383 g/mol. The van der Waals surface area contributed by atoms with E-state index in [1.54, 1.807) is 4.90 Å². The molecule has 0 saturated carbocycles. The van der Waals surface area contributed by atoms with Crippen LogP contribution in [0, 0.1) is 11.7 Å². The summed E-state index contributed by atoms with van der Waals surface area (Å²) in [5.74, 6) is -1.29. The van der Waals surface area contributed by atoms with Crippen molar-refractivity contribution < 1.29 is 22.4 Å². The van der Waals surface area contributed by atoms with E-state index in [1.807, 2.05) is 0 Å². The van der Waals surface area contributed by atoms with Crippen LogP contribution in [0.3, 0.4) is 0 Å². The van der Waals surface area contributed by atoms with Gasteiger partial charge < -0.3 is 10.2 Å². The minimum atomic E-state index is -3.57. The highest BCUT2D eigenvalue weighted by Gasteiger charge is 2.26. The zero-order valence-corrected chi connectivity index (χ0v) is 15.3. The summed E-state index contributed by atoms with van der Waals surface area (Å²) in [6.45, 7) is 4.23. The third kappa shape index (κ3) is 5.29. The van der Waals surface area contributed by atoms with E-state index in [9.17, 15) is 22.4 Å². The lowest BCUT2D eigenvalue weighted by molar-refractivity contribution is -0.132. The summed E-state index contributed by atoms with van der Waals surface area (Å²) in [4.78, 5) is 25.5. The molecule has 0 aromatic heterocycles. The summed E-state index contributed by atoms with van der Waals surface area (Å²) >= 11 is 0. The van der Waals surface area contributed by atoms with E-state index in [2.05, 4.69) is 16.6 Å². The molecule has 1 fully saturated rings. The van der Waals surface area contributed by atoms with Crippen molar-refractivity contribution in [3.63, 3.8) is 0 Å². The molecule has 2 rings (SSSR count). The highest BCUT2D eigenvalue weighted by atomic mass is 32.2. The molecule has 0 bridgehead atoms. The fraction of sp³-hybridized carbons (Fsp3) is 0.412. The van der Waals surface area contributed by atoms with Crippen molar-refractivity contribution in [3.8, 4) is 0 Å². The van der Waals surface area contributed by atoms with Crippen molar-refractivity contribution in [2.45, 2.75) is 19.4 Å². The van der Waals surface area contributed by atoms with Crippen molar-refractivity contribution in [3.05, 3.63) is 42.2 Å². The molecule has 0 unspecified atom stereocenters. The number of nitrogens with zero attached hydrogens (tertiary/aromatic N) is 1. The van der Waals surface area contributed by atoms with Gasteiger partial charge in [-0.2, -0.15) is 0 Å². The summed E-state index contributed by atoms with van der Waals surface area (Å²) in [7, 11) is -3.57. The minimum absolute atomic E-state index is 0.0746. The number of hydrogen-bond acceptors (Lipinski definition) is 4. The van der Waals surface area contributed by atoms with Gasteiger partial charge in [-0.05, 0) is 31.1 Å². The van der Waals surface area contributed by atoms with Gasteiger partial charge in [-0.1, -0.05) is 12.6 Å². The molecule has 1 aromatic carbocycles. The number of hydrogen-bond donors (Lipinski definition) is 2. The van der Waals surface area contributed by atoms with Gasteiger partial charge in [-0.25, -0.2) is 12.8 Å². The quantitative estimate of drug-likeness (QED) is 0.723. The van der Waals surface area contributed by atoms with Gasteiger partial charge in [0.25, 0.3) is 0 Å². The zero-order chi connectivity index (χ0) is 19.3. The zero-order valence-electron chi connectivity index (χ0n) is 14.5. The van der Waals surface area contributed by atoms with E-state index < -0.39 is 15.8 Å². The van der Waals surface area contributed by atoms with Gasteiger partial charge in [0.05, 0.1) is 11.9 Å². The van der Waals surface area contributed by atoms with Gasteiger partial charge >= 0.3 is 0 Å². The maximum Gasteiger partial charge on any atom is 0.245 e. The highest BCUT2D eigenvalue weighted by molar-refractivity contribution is 7.92. The number of carbonyl (C=O) groups excluding carboxylic acids is 2. The molecule has 7 nitrogen and oxygen atoms in total. The summed E-state index contributed by atoms with van der Waals surface area (Å²) in [5.41, 5.74) is 0.171. The van der Waals surface area contributed by atoms with E-state index in [1.165, 1.54) is 24.3 Å². The standard InChI is InChI=1S/C17H22FN3O4S/c1-3-16(22)21-9-7-12(8-10-21)17(23)19-11-13-14(18)5-4-6-15(13)20-26(2,24)25/h3-6,12,20H,1,7-11H2,2H3,(H,19,23). The van der Waals surface area contributed by atoms with E-state index in [0.717, 1.165) is 6.26 Å². The number of carbonyl (C=O) groups is 2. The molecule has 1 aliphatic heterocycles. The number of amides is 2. The number of likely N-dealkylation sites (tertiary alicyclic amines) is 1. The Bertz CT molecular complexity index is 802. The molecule has 1 heterocycles. The maximum absolute atomic E-state index is 14.1. The number of nitrogens with one attached hydrogen (secondary N) is 2. The molecule has 1 saturated heterocycles. The molecule has 1 aromatic rings. The molecule has 9 heteroatoms. The number of sulfonamides is 1. The van der Waals surface area contributed by atoms with Crippen molar-refractivity contribution >= 4 is 27.5 Å². The molecule has 142 valence electrons. The first-order valence-corrected chi connectivity index (χ1v) is 10.0. The van der Waals surface area contributed by atoms with Gasteiger partial charge in [0.15, 0.2) is 0 Å². The van der Waals surface area contributed by atoms with Crippen LogP contribution in [0.15, 0.2) is 30.9 Å². The first-order chi connectivity index (χ1) is 12.2. The van der Waals surface area contributed by atoms with E-state index in [0.29, 0.717) is 25.9 Å². The Morgan fingerprint density at radius 2 is 2.00 bits per heavy atom. The second-order valence-electron chi connectivity index (χ2n) is 6.16. The van der Waals surface area contributed by atoms with Crippen LogP contribution in [0.2, 0.25) is 0 Å². The minimum Gasteiger partial charge on any atom is -0.352 e. The molecule has 0 radical (unpaired) electrons. The second kappa shape index (κ2) is 8.31. The Morgan fingerprint density at radius 3 is 2.58 bits per heavy atom. The Labute approximate surface area is 152 Å². The maximum atomic E-state index is 14.1. The number of rotatable bonds is 6. The normalized spacial score (nSPS) is 15.4. The number of benzene rings is 1. The monoisotopic (exact) mass is 383 g/mol. The van der Waals surface area contributed by atoms with Crippen LogP contribution in [0.5, 0.6) is 0 Å². The average Bonchev–Trinajstić information content (AvgIpc) is 2.59. The van der Waals surface area contributed by atoms with E-state index >= 15 is 0 Å². The van der Waals surface area contributed by atoms with Crippen molar-refractivity contribution in [1.29, 1.82) is 0 Å². The van der Waals surface area contributed by atoms with Gasteiger partial charge in [0, 0.05) is 31.1 Å². The first-order valence-electron chi connectivity index (χ1n) is 8.15. The SMILES string of the molecule is C=CC(=O)N1CCC(C(=O)NCc2c(F)cccc2NS(C)(=O)=O)CC1. The molecule has 0 atom stereocenters. The third-order valence-corrected chi connectivity index (χ3v) is 4.80.